The van der Waals surface area contributed by atoms with Crippen LogP contribution >= 0.6 is 0 Å². The van der Waals surface area contributed by atoms with Gasteiger partial charge in [-0.25, -0.2) is 10.2 Å². The van der Waals surface area contributed by atoms with E-state index in [-0.39, 0.29) is 6.10 Å². The number of amides is 1. The Morgan fingerprint density at radius 1 is 1.12 bits per heavy atom. The zero-order valence-electron chi connectivity index (χ0n) is 13.9. The summed E-state index contributed by atoms with van der Waals surface area (Å²) in [6, 6.07) is 15.3. The van der Waals surface area contributed by atoms with Crippen LogP contribution < -0.4 is 14.9 Å². The van der Waals surface area contributed by atoms with Crippen LogP contribution in [0.15, 0.2) is 53.6 Å². The number of benzene rings is 2. The van der Waals surface area contributed by atoms with E-state index in [1.807, 2.05) is 43.3 Å². The number of rotatable bonds is 6. The van der Waals surface area contributed by atoms with Gasteiger partial charge in [-0.1, -0.05) is 30.3 Å². The smallest absolute Gasteiger partial charge is 0.427 e. The largest absolute Gasteiger partial charge is 0.493 e. The van der Waals surface area contributed by atoms with Crippen LogP contribution in [0.4, 0.5) is 4.79 Å². The molecule has 0 fully saturated rings. The average molecular weight is 328 g/mol. The fourth-order valence-electron chi connectivity index (χ4n) is 2.05. The zero-order chi connectivity index (χ0) is 17.4. The van der Waals surface area contributed by atoms with Crippen molar-refractivity contribution in [3.63, 3.8) is 0 Å². The summed E-state index contributed by atoms with van der Waals surface area (Å²) in [5.41, 5.74) is 4.05. The lowest BCUT2D eigenvalue weighted by atomic mass is 10.1. The summed E-state index contributed by atoms with van der Waals surface area (Å²) in [7, 11) is 2.84. The summed E-state index contributed by atoms with van der Waals surface area (Å²) in [4.78, 5) is 10.9. The molecule has 0 heterocycles. The highest BCUT2D eigenvalue weighted by Gasteiger charge is 2.11. The van der Waals surface area contributed by atoms with Crippen molar-refractivity contribution in [3.8, 4) is 11.5 Å². The maximum atomic E-state index is 10.9. The van der Waals surface area contributed by atoms with Crippen LogP contribution in [0.5, 0.6) is 11.5 Å². The number of nitrogens with one attached hydrogen (secondary N) is 1. The summed E-state index contributed by atoms with van der Waals surface area (Å²) >= 11 is 0. The lowest BCUT2D eigenvalue weighted by molar-refractivity contribution is 0.171. The minimum absolute atomic E-state index is 0.111. The number of hydrogen-bond donors (Lipinski definition) is 1. The van der Waals surface area contributed by atoms with E-state index in [1.54, 1.807) is 19.2 Å². The molecule has 1 N–H and O–H groups in total. The van der Waals surface area contributed by atoms with Gasteiger partial charge in [0.25, 0.3) is 0 Å². The van der Waals surface area contributed by atoms with Crippen molar-refractivity contribution in [1.29, 1.82) is 0 Å². The second-order valence-corrected chi connectivity index (χ2v) is 4.94. The zero-order valence-corrected chi connectivity index (χ0v) is 13.9. The first-order valence-corrected chi connectivity index (χ1v) is 7.40. The Hall–Kier alpha value is -3.02. The first-order valence-electron chi connectivity index (χ1n) is 7.40. The monoisotopic (exact) mass is 328 g/mol. The van der Waals surface area contributed by atoms with Gasteiger partial charge in [-0.15, -0.1) is 0 Å². The van der Waals surface area contributed by atoms with Gasteiger partial charge in [0, 0.05) is 0 Å². The van der Waals surface area contributed by atoms with Crippen molar-refractivity contribution in [2.75, 3.05) is 14.2 Å². The molecule has 0 aromatic heterocycles. The molecular weight excluding hydrogens is 308 g/mol. The molecular formula is C18H20N2O4. The number of ether oxygens (including phenoxy) is 3. The highest BCUT2D eigenvalue weighted by atomic mass is 16.5. The molecule has 0 spiro atoms. The van der Waals surface area contributed by atoms with Gasteiger partial charge in [-0.2, -0.15) is 5.10 Å². The van der Waals surface area contributed by atoms with Gasteiger partial charge in [0.15, 0.2) is 11.5 Å². The van der Waals surface area contributed by atoms with Gasteiger partial charge in [0.2, 0.25) is 0 Å². The second-order valence-electron chi connectivity index (χ2n) is 4.94. The Bertz CT molecular complexity index is 701. The number of nitrogens with zero attached hydrogens (tertiary/aromatic N) is 1. The Labute approximate surface area is 141 Å². The van der Waals surface area contributed by atoms with Gasteiger partial charge in [0.1, 0.15) is 6.10 Å². The minimum Gasteiger partial charge on any atom is -0.493 e. The molecule has 0 bridgehead atoms. The fraction of sp³-hybridized carbons (Fsp3) is 0.222. The molecule has 1 amide bonds. The van der Waals surface area contributed by atoms with Crippen LogP contribution in [0.2, 0.25) is 0 Å². The Morgan fingerprint density at radius 3 is 2.54 bits per heavy atom. The van der Waals surface area contributed by atoms with E-state index >= 15 is 0 Å². The van der Waals surface area contributed by atoms with Gasteiger partial charge in [-0.3, -0.25) is 0 Å². The van der Waals surface area contributed by atoms with E-state index in [4.69, 9.17) is 9.47 Å². The third-order valence-electron chi connectivity index (χ3n) is 3.32. The molecule has 0 aliphatic carbocycles. The molecule has 0 saturated carbocycles. The average Bonchev–Trinajstić information content (AvgIpc) is 2.63. The van der Waals surface area contributed by atoms with E-state index in [2.05, 4.69) is 15.3 Å². The molecule has 0 saturated heterocycles. The Morgan fingerprint density at radius 2 is 1.88 bits per heavy atom. The molecule has 2 aromatic carbocycles. The molecule has 6 heteroatoms. The molecule has 0 radical (unpaired) electrons. The number of carbonyl (C=O) groups excluding carboxylic acids is 1. The van der Waals surface area contributed by atoms with Crippen molar-refractivity contribution in [2.24, 2.45) is 5.10 Å². The van der Waals surface area contributed by atoms with Crippen LogP contribution in [0.3, 0.4) is 0 Å². The van der Waals surface area contributed by atoms with Crippen molar-refractivity contribution in [2.45, 2.75) is 13.0 Å². The van der Waals surface area contributed by atoms with Crippen molar-refractivity contribution < 1.29 is 19.0 Å². The predicted octanol–water partition coefficient (Wildman–Crippen LogP) is 3.53. The maximum absolute atomic E-state index is 10.9. The summed E-state index contributed by atoms with van der Waals surface area (Å²) in [5.74, 6) is 1.21. The SMILES string of the molecule is COC(=O)N/N=C/c1ccc(OC(C)c2ccccc2)c(OC)c1. The van der Waals surface area contributed by atoms with Crippen LogP contribution in [0.25, 0.3) is 0 Å². The molecule has 6 nitrogen and oxygen atoms in total. The minimum atomic E-state index is -0.630. The normalized spacial score (nSPS) is 11.8. The first-order chi connectivity index (χ1) is 11.6. The van der Waals surface area contributed by atoms with E-state index in [9.17, 15) is 4.79 Å². The predicted molar refractivity (Wildman–Crippen MR) is 91.6 cm³/mol. The Balaban J connectivity index is 2.10. The van der Waals surface area contributed by atoms with Crippen LogP contribution in [-0.2, 0) is 4.74 Å². The van der Waals surface area contributed by atoms with E-state index in [1.165, 1.54) is 13.3 Å². The van der Waals surface area contributed by atoms with Gasteiger partial charge in [-0.05, 0) is 36.2 Å². The maximum Gasteiger partial charge on any atom is 0.427 e. The Kier molecular flexibility index (Phi) is 6.19. The highest BCUT2D eigenvalue weighted by molar-refractivity contribution is 5.82. The molecule has 1 unspecified atom stereocenters. The summed E-state index contributed by atoms with van der Waals surface area (Å²) < 4.78 is 15.8. The van der Waals surface area contributed by atoms with E-state index in [0.717, 1.165) is 11.1 Å². The third-order valence-corrected chi connectivity index (χ3v) is 3.32. The number of carbonyl (C=O) groups is 1. The number of hydrogen-bond acceptors (Lipinski definition) is 5. The van der Waals surface area contributed by atoms with E-state index in [0.29, 0.717) is 11.5 Å². The molecule has 1 atom stereocenters. The summed E-state index contributed by atoms with van der Waals surface area (Å²) in [6.45, 7) is 1.98. The molecule has 24 heavy (non-hydrogen) atoms. The van der Waals surface area contributed by atoms with Crippen molar-refractivity contribution in [1.82, 2.24) is 5.43 Å². The lowest BCUT2D eigenvalue weighted by Crippen LogP contribution is -2.16. The fourth-order valence-corrected chi connectivity index (χ4v) is 2.05. The quantitative estimate of drug-likeness (QED) is 0.650. The number of hydrazone groups is 1. The van der Waals surface area contributed by atoms with Crippen LogP contribution in [0.1, 0.15) is 24.2 Å². The van der Waals surface area contributed by atoms with Gasteiger partial charge in [0.05, 0.1) is 20.4 Å². The molecule has 0 aliphatic rings. The topological polar surface area (TPSA) is 69.2 Å². The molecule has 2 aromatic rings. The van der Waals surface area contributed by atoms with Crippen LogP contribution in [-0.4, -0.2) is 26.5 Å². The highest BCUT2D eigenvalue weighted by Crippen LogP contribution is 2.31. The third kappa shape index (κ3) is 4.74. The summed E-state index contributed by atoms with van der Waals surface area (Å²) in [5, 5.41) is 3.78. The van der Waals surface area contributed by atoms with Gasteiger partial charge < -0.3 is 14.2 Å². The van der Waals surface area contributed by atoms with E-state index < -0.39 is 6.09 Å². The van der Waals surface area contributed by atoms with Crippen LogP contribution in [0, 0.1) is 0 Å². The second kappa shape index (κ2) is 8.57. The molecule has 2 rings (SSSR count). The van der Waals surface area contributed by atoms with Crippen molar-refractivity contribution in [3.05, 3.63) is 59.7 Å². The molecule has 0 aliphatic heterocycles. The first kappa shape index (κ1) is 17.3. The van der Waals surface area contributed by atoms with Gasteiger partial charge >= 0.3 is 6.09 Å². The molecule has 126 valence electrons. The lowest BCUT2D eigenvalue weighted by Gasteiger charge is -2.17. The summed E-state index contributed by atoms with van der Waals surface area (Å²) in [6.07, 6.45) is 0.750. The standard InChI is InChI=1S/C18H20N2O4/c1-13(15-7-5-4-6-8-15)24-16-10-9-14(11-17(16)22-2)12-19-20-18(21)23-3/h4-13H,1-3H3,(H,20,21)/b19-12+. The van der Waals surface area contributed by atoms with Crippen molar-refractivity contribution >= 4 is 12.3 Å². The number of methoxy groups -OCH3 is 2.